The van der Waals surface area contributed by atoms with Gasteiger partial charge in [0.25, 0.3) is 0 Å². The van der Waals surface area contributed by atoms with E-state index in [9.17, 15) is 0 Å². The molecule has 1 atom stereocenters. The van der Waals surface area contributed by atoms with Gasteiger partial charge < -0.3 is 4.74 Å². The molecule has 0 aromatic heterocycles. The van der Waals surface area contributed by atoms with Crippen molar-refractivity contribution in [3.63, 3.8) is 0 Å². The van der Waals surface area contributed by atoms with E-state index >= 15 is 0 Å². The zero-order valence-electron chi connectivity index (χ0n) is 4.61. The average molecular weight is 101 g/mol. The summed E-state index contributed by atoms with van der Waals surface area (Å²) in [6, 6.07) is 0. The maximum absolute atomic E-state index is 5.00. The number of methoxy groups -OCH3 is 1. The van der Waals surface area contributed by atoms with Crippen LogP contribution in [0.5, 0.6) is 0 Å². The van der Waals surface area contributed by atoms with E-state index in [4.69, 9.17) is 4.74 Å². The Bertz CT molecular complexity index is 50.0. The molecule has 1 unspecified atom stereocenters. The van der Waals surface area contributed by atoms with Gasteiger partial charge in [0, 0.05) is 7.11 Å². The first-order valence-electron chi connectivity index (χ1n) is 2.69. The third kappa shape index (κ3) is 1.14. The maximum Gasteiger partial charge on any atom is 0.107 e. The van der Waals surface area contributed by atoms with E-state index in [1.807, 2.05) is 0 Å². The van der Waals surface area contributed by atoms with Crippen molar-refractivity contribution >= 4 is 0 Å². The molecule has 0 amide bonds. The van der Waals surface area contributed by atoms with Crippen LogP contribution in [0.1, 0.15) is 12.8 Å². The quantitative estimate of drug-likeness (QED) is 0.514. The van der Waals surface area contributed by atoms with E-state index in [0.717, 1.165) is 6.54 Å². The molecule has 0 bridgehead atoms. The number of rotatable bonds is 1. The molecule has 7 heavy (non-hydrogen) atoms. The second kappa shape index (κ2) is 2.28. The first kappa shape index (κ1) is 5.06. The minimum Gasteiger partial charge on any atom is -0.367 e. The molecule has 1 rings (SSSR count). The second-order valence-corrected chi connectivity index (χ2v) is 1.82. The van der Waals surface area contributed by atoms with E-state index < -0.39 is 0 Å². The second-order valence-electron chi connectivity index (χ2n) is 1.82. The molecule has 1 heterocycles. The van der Waals surface area contributed by atoms with Crippen molar-refractivity contribution in [2.45, 2.75) is 19.1 Å². The summed E-state index contributed by atoms with van der Waals surface area (Å²) in [6.07, 6.45) is 2.79. The molecule has 1 fully saturated rings. The molecule has 1 aliphatic heterocycles. The van der Waals surface area contributed by atoms with Gasteiger partial charge in [0.05, 0.1) is 0 Å². The standard InChI is InChI=1S/C5H11NO/c1-7-5-3-2-4-6-5/h5-6H,2-4H2,1H3. The van der Waals surface area contributed by atoms with Crippen LogP contribution in [-0.4, -0.2) is 19.9 Å². The summed E-state index contributed by atoms with van der Waals surface area (Å²) in [5.41, 5.74) is 0. The lowest BCUT2D eigenvalue weighted by atomic mass is 10.4. The number of hydrogen-bond donors (Lipinski definition) is 1. The Kier molecular flexibility index (Phi) is 1.65. The summed E-state index contributed by atoms with van der Waals surface area (Å²) in [6.45, 7) is 1.12. The highest BCUT2D eigenvalue weighted by Gasteiger charge is 2.10. The fraction of sp³-hybridized carbons (Fsp3) is 1.00. The van der Waals surface area contributed by atoms with Gasteiger partial charge in [0.15, 0.2) is 0 Å². The molecule has 0 radical (unpaired) electrons. The third-order valence-corrected chi connectivity index (χ3v) is 1.30. The summed E-state index contributed by atoms with van der Waals surface area (Å²) in [4.78, 5) is 0. The highest BCUT2D eigenvalue weighted by molar-refractivity contribution is 4.63. The van der Waals surface area contributed by atoms with Gasteiger partial charge in [-0.3, -0.25) is 5.32 Å². The topological polar surface area (TPSA) is 21.3 Å². The van der Waals surface area contributed by atoms with Crippen molar-refractivity contribution in [2.75, 3.05) is 13.7 Å². The van der Waals surface area contributed by atoms with Crippen molar-refractivity contribution in [2.24, 2.45) is 0 Å². The summed E-state index contributed by atoms with van der Waals surface area (Å²) in [5.74, 6) is 0. The van der Waals surface area contributed by atoms with Gasteiger partial charge in [-0.2, -0.15) is 0 Å². The van der Waals surface area contributed by atoms with Crippen molar-refractivity contribution in [1.82, 2.24) is 5.32 Å². The van der Waals surface area contributed by atoms with E-state index in [2.05, 4.69) is 5.32 Å². The fourth-order valence-corrected chi connectivity index (χ4v) is 0.854. The SMILES string of the molecule is COC1CCCN1. The first-order valence-corrected chi connectivity index (χ1v) is 2.69. The largest absolute Gasteiger partial charge is 0.367 e. The minimum atomic E-state index is 0.347. The normalized spacial score (nSPS) is 31.3. The Morgan fingerprint density at radius 3 is 2.86 bits per heavy atom. The molecule has 1 N–H and O–H groups in total. The predicted molar refractivity (Wildman–Crippen MR) is 28.0 cm³/mol. The van der Waals surface area contributed by atoms with Crippen LogP contribution < -0.4 is 5.32 Å². The molecule has 2 nitrogen and oxygen atoms in total. The van der Waals surface area contributed by atoms with E-state index in [-0.39, 0.29) is 0 Å². The van der Waals surface area contributed by atoms with Crippen LogP contribution >= 0.6 is 0 Å². The zero-order chi connectivity index (χ0) is 5.11. The molecule has 0 saturated carbocycles. The van der Waals surface area contributed by atoms with Crippen LogP contribution in [0.25, 0.3) is 0 Å². The van der Waals surface area contributed by atoms with E-state index in [1.54, 1.807) is 7.11 Å². The smallest absolute Gasteiger partial charge is 0.107 e. The Balaban J connectivity index is 2.14. The molecule has 42 valence electrons. The zero-order valence-corrected chi connectivity index (χ0v) is 4.61. The van der Waals surface area contributed by atoms with Crippen LogP contribution in [0.4, 0.5) is 0 Å². The molecule has 0 spiro atoms. The monoisotopic (exact) mass is 101 g/mol. The van der Waals surface area contributed by atoms with Gasteiger partial charge >= 0.3 is 0 Å². The van der Waals surface area contributed by atoms with Crippen LogP contribution in [0.15, 0.2) is 0 Å². The molecule has 1 aliphatic rings. The third-order valence-electron chi connectivity index (χ3n) is 1.30. The summed E-state index contributed by atoms with van der Waals surface area (Å²) in [5, 5.41) is 3.18. The minimum absolute atomic E-state index is 0.347. The molecular weight excluding hydrogens is 90.1 g/mol. The highest BCUT2D eigenvalue weighted by Crippen LogP contribution is 2.03. The van der Waals surface area contributed by atoms with Gasteiger partial charge in [0.2, 0.25) is 0 Å². The molecule has 2 heteroatoms. The Morgan fingerprint density at radius 1 is 1.71 bits per heavy atom. The average Bonchev–Trinajstić information content (AvgIpc) is 2.14. The van der Waals surface area contributed by atoms with Crippen molar-refractivity contribution < 1.29 is 4.74 Å². The summed E-state index contributed by atoms with van der Waals surface area (Å²) in [7, 11) is 1.74. The van der Waals surface area contributed by atoms with Crippen molar-refractivity contribution in [3.8, 4) is 0 Å². The molecular formula is C5H11NO. The van der Waals surface area contributed by atoms with Gasteiger partial charge in [-0.25, -0.2) is 0 Å². The lowest BCUT2D eigenvalue weighted by molar-refractivity contribution is 0.0912. The molecule has 0 aliphatic carbocycles. The van der Waals surface area contributed by atoms with Crippen molar-refractivity contribution in [3.05, 3.63) is 0 Å². The van der Waals surface area contributed by atoms with Crippen LogP contribution in [-0.2, 0) is 4.74 Å². The molecule has 0 aromatic carbocycles. The van der Waals surface area contributed by atoms with Gasteiger partial charge in [-0.1, -0.05) is 0 Å². The maximum atomic E-state index is 5.00. The molecule has 0 aromatic rings. The van der Waals surface area contributed by atoms with Crippen molar-refractivity contribution in [1.29, 1.82) is 0 Å². The van der Waals surface area contributed by atoms with E-state index in [0.29, 0.717) is 6.23 Å². The van der Waals surface area contributed by atoms with Crippen LogP contribution in [0, 0.1) is 0 Å². The fourth-order valence-electron chi connectivity index (χ4n) is 0.854. The van der Waals surface area contributed by atoms with E-state index in [1.165, 1.54) is 12.8 Å². The van der Waals surface area contributed by atoms with Crippen LogP contribution in [0.2, 0.25) is 0 Å². The van der Waals surface area contributed by atoms with Crippen LogP contribution in [0.3, 0.4) is 0 Å². The predicted octanol–water partition coefficient (Wildman–Crippen LogP) is 0.342. The number of ether oxygens (including phenoxy) is 1. The Morgan fingerprint density at radius 2 is 2.57 bits per heavy atom. The van der Waals surface area contributed by atoms with Gasteiger partial charge in [0.1, 0.15) is 6.23 Å². The highest BCUT2D eigenvalue weighted by atomic mass is 16.5. The van der Waals surface area contributed by atoms with Gasteiger partial charge in [-0.15, -0.1) is 0 Å². The summed E-state index contributed by atoms with van der Waals surface area (Å²) >= 11 is 0. The number of hydrogen-bond acceptors (Lipinski definition) is 2. The Hall–Kier alpha value is -0.0800. The Labute approximate surface area is 43.9 Å². The van der Waals surface area contributed by atoms with Gasteiger partial charge in [-0.05, 0) is 19.4 Å². The first-order chi connectivity index (χ1) is 3.43. The summed E-state index contributed by atoms with van der Waals surface area (Å²) < 4.78 is 5.00. The lowest BCUT2D eigenvalue weighted by Gasteiger charge is -2.04. The number of nitrogens with one attached hydrogen (secondary N) is 1. The molecule has 1 saturated heterocycles. The lowest BCUT2D eigenvalue weighted by Crippen LogP contribution is -2.22.